The standard InChI is InChI=1S/C10H12BrNO4/c1-15-6-3-5(9(12)10(13)14)4-7(16-2)8(6)11/h3-4,9H,12H2,1-2H3,(H,13,14)/t9-/m0/s1. The van der Waals surface area contributed by atoms with E-state index in [-0.39, 0.29) is 0 Å². The smallest absolute Gasteiger partial charge is 0.325 e. The topological polar surface area (TPSA) is 81.8 Å². The van der Waals surface area contributed by atoms with Crippen molar-refractivity contribution in [1.82, 2.24) is 0 Å². The highest BCUT2D eigenvalue weighted by Gasteiger charge is 2.18. The molecule has 0 amide bonds. The summed E-state index contributed by atoms with van der Waals surface area (Å²) in [5.41, 5.74) is 5.93. The number of hydrogen-bond donors (Lipinski definition) is 2. The minimum Gasteiger partial charge on any atom is -0.495 e. The van der Waals surface area contributed by atoms with Crippen molar-refractivity contribution < 1.29 is 19.4 Å². The van der Waals surface area contributed by atoms with Gasteiger partial charge in [-0.25, -0.2) is 0 Å². The normalized spacial score (nSPS) is 12.0. The zero-order valence-electron chi connectivity index (χ0n) is 8.86. The van der Waals surface area contributed by atoms with Gasteiger partial charge >= 0.3 is 5.97 Å². The third-order valence-corrected chi connectivity index (χ3v) is 2.87. The van der Waals surface area contributed by atoms with Crippen LogP contribution >= 0.6 is 15.9 Å². The molecule has 0 bridgehead atoms. The van der Waals surface area contributed by atoms with Gasteiger partial charge in [0.15, 0.2) is 0 Å². The van der Waals surface area contributed by atoms with Gasteiger partial charge in [-0.1, -0.05) is 0 Å². The lowest BCUT2D eigenvalue weighted by Crippen LogP contribution is -2.20. The lowest BCUT2D eigenvalue weighted by molar-refractivity contribution is -0.138. The van der Waals surface area contributed by atoms with E-state index in [1.807, 2.05) is 0 Å². The molecule has 1 atom stereocenters. The van der Waals surface area contributed by atoms with Gasteiger partial charge in [-0.15, -0.1) is 0 Å². The Morgan fingerprint density at radius 1 is 1.38 bits per heavy atom. The number of ether oxygens (including phenoxy) is 2. The largest absolute Gasteiger partial charge is 0.495 e. The van der Waals surface area contributed by atoms with E-state index in [1.54, 1.807) is 12.1 Å². The molecule has 0 unspecified atom stereocenters. The molecule has 88 valence electrons. The summed E-state index contributed by atoms with van der Waals surface area (Å²) in [6, 6.07) is 2.02. The van der Waals surface area contributed by atoms with Crippen LogP contribution in [0.3, 0.4) is 0 Å². The predicted molar refractivity (Wildman–Crippen MR) is 61.8 cm³/mol. The number of carbonyl (C=O) groups is 1. The molecule has 1 rings (SSSR count). The van der Waals surface area contributed by atoms with Gasteiger partial charge in [0.05, 0.1) is 14.2 Å². The van der Waals surface area contributed by atoms with Gasteiger partial charge < -0.3 is 20.3 Å². The van der Waals surface area contributed by atoms with Crippen LogP contribution in [0, 0.1) is 0 Å². The fraction of sp³-hybridized carbons (Fsp3) is 0.300. The maximum Gasteiger partial charge on any atom is 0.325 e. The number of benzene rings is 1. The number of carboxylic acid groups (broad SMARTS) is 1. The van der Waals surface area contributed by atoms with Gasteiger partial charge in [0, 0.05) is 0 Å². The molecule has 0 spiro atoms. The second-order valence-electron chi connectivity index (χ2n) is 3.06. The summed E-state index contributed by atoms with van der Waals surface area (Å²) in [4.78, 5) is 10.8. The van der Waals surface area contributed by atoms with E-state index in [4.69, 9.17) is 20.3 Å². The summed E-state index contributed by atoms with van der Waals surface area (Å²) in [6.45, 7) is 0. The van der Waals surface area contributed by atoms with Crippen molar-refractivity contribution in [1.29, 1.82) is 0 Å². The SMILES string of the molecule is COc1cc([C@H](N)C(=O)O)cc(OC)c1Br. The molecule has 0 saturated heterocycles. The first-order chi connectivity index (χ1) is 7.51. The van der Waals surface area contributed by atoms with Crippen LogP contribution in [-0.2, 0) is 4.79 Å². The molecule has 3 N–H and O–H groups in total. The third-order valence-electron chi connectivity index (χ3n) is 2.09. The molecule has 6 heteroatoms. The van der Waals surface area contributed by atoms with Gasteiger partial charge in [-0.2, -0.15) is 0 Å². The zero-order chi connectivity index (χ0) is 12.3. The van der Waals surface area contributed by atoms with E-state index in [0.717, 1.165) is 0 Å². The Hall–Kier alpha value is -1.27. The van der Waals surface area contributed by atoms with E-state index in [1.165, 1.54) is 14.2 Å². The van der Waals surface area contributed by atoms with Crippen LogP contribution in [0.15, 0.2) is 16.6 Å². The zero-order valence-corrected chi connectivity index (χ0v) is 10.4. The molecule has 0 fully saturated rings. The van der Waals surface area contributed by atoms with E-state index in [9.17, 15) is 4.79 Å². The number of carboxylic acids is 1. The molecule has 0 aliphatic heterocycles. The summed E-state index contributed by atoms with van der Waals surface area (Å²) in [7, 11) is 2.96. The Kier molecular flexibility index (Phi) is 4.14. The Labute approximate surface area is 101 Å². The van der Waals surface area contributed by atoms with Gasteiger partial charge in [0.2, 0.25) is 0 Å². The van der Waals surface area contributed by atoms with Crippen LogP contribution in [0.4, 0.5) is 0 Å². The van der Waals surface area contributed by atoms with Crippen LogP contribution < -0.4 is 15.2 Å². The van der Waals surface area contributed by atoms with Crippen LogP contribution in [0.5, 0.6) is 11.5 Å². The van der Waals surface area contributed by atoms with Crippen molar-refractivity contribution >= 4 is 21.9 Å². The lowest BCUT2D eigenvalue weighted by Gasteiger charge is -2.13. The van der Waals surface area contributed by atoms with Crippen molar-refractivity contribution in [2.24, 2.45) is 5.73 Å². The highest BCUT2D eigenvalue weighted by atomic mass is 79.9. The first-order valence-corrected chi connectivity index (χ1v) is 5.20. The van der Waals surface area contributed by atoms with Crippen molar-refractivity contribution in [3.8, 4) is 11.5 Å². The molecule has 0 saturated carbocycles. The van der Waals surface area contributed by atoms with Crippen LogP contribution in [0.2, 0.25) is 0 Å². The molecular formula is C10H12BrNO4. The van der Waals surface area contributed by atoms with E-state index >= 15 is 0 Å². The quantitative estimate of drug-likeness (QED) is 0.879. The molecule has 5 nitrogen and oxygen atoms in total. The second kappa shape index (κ2) is 5.18. The molecule has 1 aromatic carbocycles. The molecule has 0 aliphatic carbocycles. The molecule has 0 aliphatic rings. The number of nitrogens with two attached hydrogens (primary N) is 1. The van der Waals surface area contributed by atoms with Crippen LogP contribution in [0.25, 0.3) is 0 Å². The van der Waals surface area contributed by atoms with E-state index in [0.29, 0.717) is 21.5 Å². The van der Waals surface area contributed by atoms with Gasteiger partial charge in [0.25, 0.3) is 0 Å². The molecule has 16 heavy (non-hydrogen) atoms. The first-order valence-electron chi connectivity index (χ1n) is 4.41. The highest BCUT2D eigenvalue weighted by molar-refractivity contribution is 9.10. The van der Waals surface area contributed by atoms with E-state index < -0.39 is 12.0 Å². The first kappa shape index (κ1) is 12.8. The average molecular weight is 290 g/mol. The summed E-state index contributed by atoms with van der Waals surface area (Å²) < 4.78 is 10.8. The number of aliphatic carboxylic acids is 1. The molecule has 0 heterocycles. The van der Waals surface area contributed by atoms with Gasteiger partial charge in [-0.05, 0) is 33.6 Å². The summed E-state index contributed by atoms with van der Waals surface area (Å²) in [6.07, 6.45) is 0. The lowest BCUT2D eigenvalue weighted by atomic mass is 10.1. The van der Waals surface area contributed by atoms with Crippen molar-refractivity contribution in [3.05, 3.63) is 22.2 Å². The molecule has 0 radical (unpaired) electrons. The molecular weight excluding hydrogens is 278 g/mol. The Balaban J connectivity index is 3.26. The van der Waals surface area contributed by atoms with Crippen LogP contribution in [-0.4, -0.2) is 25.3 Å². The molecule has 1 aromatic rings. The maximum absolute atomic E-state index is 10.8. The number of rotatable bonds is 4. The number of methoxy groups -OCH3 is 2. The number of halogens is 1. The van der Waals surface area contributed by atoms with Gasteiger partial charge in [-0.3, -0.25) is 4.79 Å². The number of hydrogen-bond acceptors (Lipinski definition) is 4. The second-order valence-corrected chi connectivity index (χ2v) is 3.85. The fourth-order valence-electron chi connectivity index (χ4n) is 1.21. The van der Waals surface area contributed by atoms with Crippen molar-refractivity contribution in [2.75, 3.05) is 14.2 Å². The van der Waals surface area contributed by atoms with Gasteiger partial charge in [0.1, 0.15) is 22.0 Å². The van der Waals surface area contributed by atoms with Crippen molar-refractivity contribution in [2.45, 2.75) is 6.04 Å². The fourth-order valence-corrected chi connectivity index (χ4v) is 1.76. The maximum atomic E-state index is 10.8. The minimum absolute atomic E-state index is 0.421. The molecule has 0 aromatic heterocycles. The van der Waals surface area contributed by atoms with Crippen molar-refractivity contribution in [3.63, 3.8) is 0 Å². The Morgan fingerprint density at radius 3 is 2.12 bits per heavy atom. The Morgan fingerprint density at radius 2 is 1.81 bits per heavy atom. The average Bonchev–Trinajstić information content (AvgIpc) is 2.28. The summed E-state index contributed by atoms with van der Waals surface area (Å²) >= 11 is 3.28. The monoisotopic (exact) mass is 289 g/mol. The Bertz CT molecular complexity index is 383. The summed E-state index contributed by atoms with van der Waals surface area (Å²) in [5, 5.41) is 8.81. The highest BCUT2D eigenvalue weighted by Crippen LogP contribution is 2.36. The van der Waals surface area contributed by atoms with E-state index in [2.05, 4.69) is 15.9 Å². The summed E-state index contributed by atoms with van der Waals surface area (Å²) in [5.74, 6) is -0.150. The third kappa shape index (κ3) is 2.45. The minimum atomic E-state index is -1.11. The predicted octanol–water partition coefficient (Wildman–Crippen LogP) is 1.55. The van der Waals surface area contributed by atoms with Crippen LogP contribution in [0.1, 0.15) is 11.6 Å².